The van der Waals surface area contributed by atoms with E-state index in [1.165, 1.54) is 0 Å². The fourth-order valence-corrected chi connectivity index (χ4v) is 2.12. The fourth-order valence-electron chi connectivity index (χ4n) is 2.12. The van der Waals surface area contributed by atoms with Crippen LogP contribution in [0.5, 0.6) is 11.5 Å². The number of aryl methyl sites for hydroxylation is 2. The molecule has 3 heteroatoms. The first kappa shape index (κ1) is 15.1. The minimum absolute atomic E-state index is 0.0862. The summed E-state index contributed by atoms with van der Waals surface area (Å²) in [4.78, 5) is 12.0. The molecular formula is C18H21NO2. The highest BCUT2D eigenvalue weighted by molar-refractivity contribution is 5.94. The van der Waals surface area contributed by atoms with Crippen molar-refractivity contribution in [2.75, 3.05) is 0 Å². The molecule has 0 unspecified atom stereocenters. The van der Waals surface area contributed by atoms with E-state index >= 15 is 0 Å². The second-order valence-corrected chi connectivity index (χ2v) is 5.48. The first-order chi connectivity index (χ1) is 9.97. The highest BCUT2D eigenvalue weighted by Gasteiger charge is 2.09. The van der Waals surface area contributed by atoms with Crippen LogP contribution in [0.2, 0.25) is 0 Å². The molecule has 0 atom stereocenters. The van der Waals surface area contributed by atoms with Crippen molar-refractivity contribution in [1.82, 2.24) is 5.32 Å². The van der Waals surface area contributed by atoms with Gasteiger partial charge in [0.15, 0.2) is 0 Å². The van der Waals surface area contributed by atoms with Crippen molar-refractivity contribution in [3.05, 3.63) is 59.2 Å². The van der Waals surface area contributed by atoms with Gasteiger partial charge in [0.05, 0.1) is 0 Å². The Morgan fingerprint density at radius 2 is 1.67 bits per heavy atom. The Morgan fingerprint density at radius 1 is 1.05 bits per heavy atom. The molecule has 2 aromatic rings. The molecule has 1 amide bonds. The van der Waals surface area contributed by atoms with Gasteiger partial charge < -0.3 is 10.1 Å². The molecule has 3 nitrogen and oxygen atoms in total. The van der Waals surface area contributed by atoms with Crippen molar-refractivity contribution in [3.8, 4) is 11.5 Å². The molecule has 0 saturated carbocycles. The Morgan fingerprint density at radius 3 is 2.29 bits per heavy atom. The maximum atomic E-state index is 12.0. The van der Waals surface area contributed by atoms with Crippen molar-refractivity contribution in [1.29, 1.82) is 0 Å². The van der Waals surface area contributed by atoms with Crippen LogP contribution in [0.25, 0.3) is 0 Å². The molecule has 0 saturated heterocycles. The number of hydrogen-bond donors (Lipinski definition) is 1. The van der Waals surface area contributed by atoms with E-state index in [9.17, 15) is 4.79 Å². The van der Waals surface area contributed by atoms with Gasteiger partial charge in [0.2, 0.25) is 0 Å². The van der Waals surface area contributed by atoms with E-state index in [0.29, 0.717) is 11.3 Å². The summed E-state index contributed by atoms with van der Waals surface area (Å²) in [5, 5.41) is 2.88. The Hall–Kier alpha value is -2.29. The molecule has 0 aromatic heterocycles. The normalized spacial score (nSPS) is 10.5. The number of ether oxygens (including phenoxy) is 1. The average Bonchev–Trinajstić information content (AvgIpc) is 2.43. The Bertz CT molecular complexity index is 627. The van der Waals surface area contributed by atoms with Crippen LogP contribution in [0.3, 0.4) is 0 Å². The van der Waals surface area contributed by atoms with E-state index in [1.807, 2.05) is 58.0 Å². The summed E-state index contributed by atoms with van der Waals surface area (Å²) in [5.74, 6) is 1.43. The molecular weight excluding hydrogens is 262 g/mol. The lowest BCUT2D eigenvalue weighted by molar-refractivity contribution is 0.0943. The number of carbonyl (C=O) groups is 1. The first-order valence-electron chi connectivity index (χ1n) is 7.12. The molecule has 2 rings (SSSR count). The topological polar surface area (TPSA) is 38.3 Å². The van der Waals surface area contributed by atoms with Crippen LogP contribution >= 0.6 is 0 Å². The van der Waals surface area contributed by atoms with E-state index in [2.05, 4.69) is 5.32 Å². The summed E-state index contributed by atoms with van der Waals surface area (Å²) in [5.41, 5.74) is 2.76. The monoisotopic (exact) mass is 283 g/mol. The van der Waals surface area contributed by atoms with Crippen LogP contribution in [-0.4, -0.2) is 11.9 Å². The lowest BCUT2D eigenvalue weighted by Gasteiger charge is -2.13. The fraction of sp³-hybridized carbons (Fsp3) is 0.278. The molecule has 0 aliphatic carbocycles. The molecule has 0 heterocycles. The van der Waals surface area contributed by atoms with E-state index in [-0.39, 0.29) is 11.9 Å². The van der Waals surface area contributed by atoms with Crippen LogP contribution in [0.4, 0.5) is 0 Å². The van der Waals surface area contributed by atoms with Crippen molar-refractivity contribution in [3.63, 3.8) is 0 Å². The summed E-state index contributed by atoms with van der Waals surface area (Å²) >= 11 is 0. The smallest absolute Gasteiger partial charge is 0.251 e. The Balaban J connectivity index is 2.24. The summed E-state index contributed by atoms with van der Waals surface area (Å²) in [6, 6.07) is 13.4. The molecule has 0 spiro atoms. The summed E-state index contributed by atoms with van der Waals surface area (Å²) in [7, 11) is 0. The summed E-state index contributed by atoms with van der Waals surface area (Å²) in [6.07, 6.45) is 0. The van der Waals surface area contributed by atoms with Gasteiger partial charge in [-0.1, -0.05) is 24.3 Å². The van der Waals surface area contributed by atoms with Gasteiger partial charge in [0.25, 0.3) is 5.91 Å². The molecule has 110 valence electrons. The third-order valence-electron chi connectivity index (χ3n) is 3.14. The number of amides is 1. The molecule has 2 aromatic carbocycles. The first-order valence-corrected chi connectivity index (χ1v) is 7.12. The highest BCUT2D eigenvalue weighted by Crippen LogP contribution is 2.28. The van der Waals surface area contributed by atoms with Gasteiger partial charge in [-0.2, -0.15) is 0 Å². The van der Waals surface area contributed by atoms with Crippen LogP contribution in [-0.2, 0) is 0 Å². The molecule has 0 aliphatic heterocycles. The third kappa shape index (κ3) is 3.85. The van der Waals surface area contributed by atoms with Crippen molar-refractivity contribution in [2.45, 2.75) is 33.7 Å². The quantitative estimate of drug-likeness (QED) is 0.911. The second kappa shape index (κ2) is 6.44. The van der Waals surface area contributed by atoms with Gasteiger partial charge in [-0.3, -0.25) is 4.79 Å². The Kier molecular flexibility index (Phi) is 4.63. The molecule has 21 heavy (non-hydrogen) atoms. The van der Waals surface area contributed by atoms with Gasteiger partial charge in [-0.15, -0.1) is 0 Å². The van der Waals surface area contributed by atoms with Crippen LogP contribution < -0.4 is 10.1 Å². The Labute approximate surface area is 126 Å². The molecule has 1 N–H and O–H groups in total. The van der Waals surface area contributed by atoms with Gasteiger partial charge in [-0.05, 0) is 57.0 Å². The minimum atomic E-state index is -0.0862. The molecule has 0 aliphatic rings. The van der Waals surface area contributed by atoms with Crippen LogP contribution in [0.1, 0.15) is 35.3 Å². The summed E-state index contributed by atoms with van der Waals surface area (Å²) < 4.78 is 5.96. The molecule has 0 radical (unpaired) electrons. The highest BCUT2D eigenvalue weighted by atomic mass is 16.5. The molecule has 0 fully saturated rings. The van der Waals surface area contributed by atoms with E-state index in [4.69, 9.17) is 4.74 Å². The van der Waals surface area contributed by atoms with Gasteiger partial charge in [0, 0.05) is 11.6 Å². The second-order valence-electron chi connectivity index (χ2n) is 5.48. The number of benzene rings is 2. The standard InChI is InChI=1S/C18H21NO2/c1-12(2)19-18(20)15-9-6-10-16(11-15)21-17-13(3)7-5-8-14(17)4/h5-12H,1-4H3,(H,19,20). The average molecular weight is 283 g/mol. The number of nitrogens with one attached hydrogen (secondary N) is 1. The van der Waals surface area contributed by atoms with Gasteiger partial charge >= 0.3 is 0 Å². The predicted molar refractivity (Wildman–Crippen MR) is 85.0 cm³/mol. The maximum absolute atomic E-state index is 12.0. The predicted octanol–water partition coefficient (Wildman–Crippen LogP) is 4.23. The zero-order chi connectivity index (χ0) is 15.4. The van der Waals surface area contributed by atoms with E-state index in [1.54, 1.807) is 12.1 Å². The minimum Gasteiger partial charge on any atom is -0.457 e. The maximum Gasteiger partial charge on any atom is 0.251 e. The SMILES string of the molecule is Cc1cccc(C)c1Oc1cccc(C(=O)NC(C)C)c1. The van der Waals surface area contributed by atoms with Crippen molar-refractivity contribution in [2.24, 2.45) is 0 Å². The zero-order valence-electron chi connectivity index (χ0n) is 12.9. The van der Waals surface area contributed by atoms with E-state index in [0.717, 1.165) is 16.9 Å². The third-order valence-corrected chi connectivity index (χ3v) is 3.14. The van der Waals surface area contributed by atoms with Crippen molar-refractivity contribution >= 4 is 5.91 Å². The van der Waals surface area contributed by atoms with Crippen LogP contribution in [0.15, 0.2) is 42.5 Å². The number of para-hydroxylation sites is 1. The number of rotatable bonds is 4. The number of carbonyl (C=O) groups excluding carboxylic acids is 1. The largest absolute Gasteiger partial charge is 0.457 e. The lowest BCUT2D eigenvalue weighted by Crippen LogP contribution is -2.29. The van der Waals surface area contributed by atoms with Crippen molar-refractivity contribution < 1.29 is 9.53 Å². The van der Waals surface area contributed by atoms with E-state index < -0.39 is 0 Å². The lowest BCUT2D eigenvalue weighted by atomic mass is 10.1. The number of hydrogen-bond acceptors (Lipinski definition) is 2. The van der Waals surface area contributed by atoms with Gasteiger partial charge in [-0.25, -0.2) is 0 Å². The van der Waals surface area contributed by atoms with Crippen LogP contribution in [0, 0.1) is 13.8 Å². The summed E-state index contributed by atoms with van der Waals surface area (Å²) in [6.45, 7) is 7.90. The molecule has 0 bridgehead atoms. The van der Waals surface area contributed by atoms with Gasteiger partial charge in [0.1, 0.15) is 11.5 Å². The zero-order valence-corrected chi connectivity index (χ0v) is 12.9.